The Hall–Kier alpha value is -3.88. The van der Waals surface area contributed by atoms with E-state index in [2.05, 4.69) is 0 Å². The van der Waals surface area contributed by atoms with E-state index >= 15 is 0 Å². The minimum absolute atomic E-state index is 0.132. The van der Waals surface area contributed by atoms with E-state index < -0.39 is 127 Å². The van der Waals surface area contributed by atoms with Crippen molar-refractivity contribution in [3.8, 4) is 17.2 Å². The fourth-order valence-electron chi connectivity index (χ4n) is 4.85. The minimum atomic E-state index is -5.79. The third-order valence-corrected chi connectivity index (χ3v) is 8.95. The highest BCUT2D eigenvalue weighted by molar-refractivity contribution is 7.89. The molecular weight excluding hydrogens is 640 g/mol. The van der Waals surface area contributed by atoms with Crippen molar-refractivity contribution < 1.29 is 70.0 Å². The second-order valence-corrected chi connectivity index (χ2v) is 12.5. The van der Waals surface area contributed by atoms with Crippen LogP contribution in [0.2, 0.25) is 0 Å². The van der Waals surface area contributed by atoms with Crippen LogP contribution in [0.4, 0.5) is 4.79 Å². The Morgan fingerprint density at radius 3 is 2.71 bits per heavy atom. The number of sulfonamides is 1. The van der Waals surface area contributed by atoms with Gasteiger partial charge in [-0.3, -0.25) is 0 Å². The summed E-state index contributed by atoms with van der Waals surface area (Å²) in [5.41, 5.74) is 0.942. The van der Waals surface area contributed by atoms with Crippen LogP contribution in [0.25, 0.3) is 0 Å². The molecule has 0 radical (unpaired) electrons. The Labute approximate surface area is 304 Å². The van der Waals surface area contributed by atoms with E-state index in [1.165, 1.54) is 24.3 Å². The number of carbonyl (C=O) groups excluding carboxylic acids is 1. The maximum absolute atomic E-state index is 14.6. The largest absolute Gasteiger partial charge is 0.489 e. The lowest BCUT2D eigenvalue weighted by atomic mass is 10.0. The molecule has 0 saturated carbocycles. The number of fused-ring (bicyclic) bond motifs is 2. The van der Waals surface area contributed by atoms with Gasteiger partial charge in [0.15, 0.2) is 17.8 Å². The molecule has 0 aromatic heterocycles. The molecule has 5 atom stereocenters. The van der Waals surface area contributed by atoms with Gasteiger partial charge in [-0.15, -0.1) is 0 Å². The van der Waals surface area contributed by atoms with E-state index in [4.69, 9.17) is 50.4 Å². The first-order valence-corrected chi connectivity index (χ1v) is 15.9. The lowest BCUT2D eigenvalue weighted by Crippen LogP contribution is -2.51. The van der Waals surface area contributed by atoms with Crippen LogP contribution in [0.15, 0.2) is 77.7 Å². The molecule has 2 fully saturated rings. The number of aliphatic hydroxyl groups is 1. The Morgan fingerprint density at radius 1 is 1.12 bits per heavy atom. The number of nitrogens with one attached hydrogen (secondary N) is 1. The van der Waals surface area contributed by atoms with Gasteiger partial charge in [0.05, 0.1) is 44.3 Å². The molecule has 3 aromatic carbocycles. The van der Waals surface area contributed by atoms with Crippen LogP contribution in [0.3, 0.4) is 0 Å². The number of ether oxygens (including phenoxy) is 6. The number of alkyl carbamates (subject to hydrolysis) is 1. The third kappa shape index (κ3) is 8.21. The van der Waals surface area contributed by atoms with E-state index in [9.17, 15) is 19.7 Å². The Balaban J connectivity index is 1.41. The van der Waals surface area contributed by atoms with Gasteiger partial charge in [0, 0.05) is 31.4 Å². The Kier molecular flexibility index (Phi) is 5.91. The molecule has 0 unspecified atom stereocenters. The molecule has 0 bridgehead atoms. The summed E-state index contributed by atoms with van der Waals surface area (Å²) in [4.78, 5) is 12.7. The predicted octanol–water partition coefficient (Wildman–Crippen LogP) is 4.10. The van der Waals surface area contributed by atoms with Crippen molar-refractivity contribution in [1.29, 1.82) is 0 Å². The molecule has 1 amide bonds. The molecule has 0 aliphatic carbocycles. The summed E-state index contributed by atoms with van der Waals surface area (Å²) < 4.78 is 200. The Bertz CT molecular complexity index is 2340. The Morgan fingerprint density at radius 2 is 1.92 bits per heavy atom. The summed E-state index contributed by atoms with van der Waals surface area (Å²) in [5.74, 6) is -6.61. The number of benzene rings is 3. The molecule has 258 valence electrons. The second-order valence-electron chi connectivity index (χ2n) is 10.6. The van der Waals surface area contributed by atoms with Crippen LogP contribution in [0, 0.1) is 11.8 Å². The summed E-state index contributed by atoms with van der Waals surface area (Å²) >= 11 is 0. The average molecular weight is 700 g/mol. The van der Waals surface area contributed by atoms with E-state index in [-0.39, 0.29) is 17.9 Å². The van der Waals surface area contributed by atoms with E-state index in [1.54, 1.807) is 30.3 Å². The van der Waals surface area contributed by atoms with Crippen molar-refractivity contribution >= 4 is 16.1 Å². The summed E-state index contributed by atoms with van der Waals surface area (Å²) in [6.45, 7) is -23.1. The number of amides is 1. The third-order valence-electron chi connectivity index (χ3n) is 7.30. The zero-order valence-corrected chi connectivity index (χ0v) is 25.8. The van der Waals surface area contributed by atoms with Crippen molar-refractivity contribution in [3.63, 3.8) is 0 Å². The zero-order valence-electron chi connectivity index (χ0n) is 42.0. The van der Waals surface area contributed by atoms with Gasteiger partial charge in [-0.2, -0.15) is 4.31 Å². The normalized spacial score (nSPS) is 32.8. The van der Waals surface area contributed by atoms with Crippen LogP contribution >= 0.6 is 0 Å². The number of carbonyl (C=O) groups is 1. The SMILES string of the molecule is [2H]C1([2H])C[C@@H]2[C@H](O1)OC([2H])([2H])[C@]2([2H])OC(=O)N[C@@H](Cc1ccc(OCc2ccccc2)cc1)[C@]([2H])(O)CN(C([2H])([2H])C([2H])(C([2H])([2H])[2H])C([2H])([2H])[2H])S(=O)(=O)c1ccc2c(c1)OC([2H])([2H])O2. The van der Waals surface area contributed by atoms with E-state index in [0.29, 0.717) is 17.9 Å². The fourth-order valence-corrected chi connectivity index (χ4v) is 6.11. The summed E-state index contributed by atoms with van der Waals surface area (Å²) in [6.07, 6.45) is -11.6. The summed E-state index contributed by atoms with van der Waals surface area (Å²) in [7, 11) is -5.79. The van der Waals surface area contributed by atoms with Gasteiger partial charge in [0.2, 0.25) is 16.8 Å². The van der Waals surface area contributed by atoms with E-state index in [1.807, 2.05) is 5.32 Å². The van der Waals surface area contributed by atoms with Gasteiger partial charge in [0.1, 0.15) is 21.2 Å². The molecule has 12 nitrogen and oxygen atoms in total. The highest BCUT2D eigenvalue weighted by Gasteiger charge is 2.44. The van der Waals surface area contributed by atoms with Crippen molar-refractivity contribution in [2.24, 2.45) is 11.8 Å². The van der Waals surface area contributed by atoms with Gasteiger partial charge in [-0.05, 0) is 54.1 Å². The molecule has 3 aromatic rings. The summed E-state index contributed by atoms with van der Waals surface area (Å²) in [5, 5.41) is 14.1. The molecule has 3 aliphatic heterocycles. The van der Waals surface area contributed by atoms with Gasteiger partial charge >= 0.3 is 6.09 Å². The van der Waals surface area contributed by atoms with Gasteiger partial charge < -0.3 is 38.8 Å². The first-order valence-electron chi connectivity index (χ1n) is 22.9. The van der Waals surface area contributed by atoms with E-state index in [0.717, 1.165) is 11.6 Å². The second kappa shape index (κ2) is 15.1. The fraction of sp³-hybridized carbons (Fsp3) is 0.457. The maximum Gasteiger partial charge on any atom is 0.407 e. The zero-order chi connectivity index (χ0) is 48.6. The molecule has 3 aliphatic rings. The van der Waals surface area contributed by atoms with Crippen LogP contribution in [-0.4, -0.2) is 81.3 Å². The molecule has 3 heterocycles. The average Bonchev–Trinajstić information content (AvgIpc) is 3.72. The summed E-state index contributed by atoms with van der Waals surface area (Å²) in [6, 6.07) is 14.5. The lowest BCUT2D eigenvalue weighted by Gasteiger charge is -2.31. The standard InChI is InChI=1S/C35H42N2O10S/c1-23(2)18-37(48(40,41)27-12-13-31-32(17-27)46-22-45-31)19-30(38)29(36-35(39)47-33-21-44-34-28(33)14-15-42-34)16-24-8-10-26(11-9-24)43-20-25-6-4-3-5-7-25/h3-13,17,23,28-30,33-34,38H,14-16,18-22H2,1-2H3,(H,36,39)/t28-,29-,30+,33-,34+/m0/s1/i1D3,2D3,15D2,18D2,21D2,22D2,23D,30D,33D. The predicted molar refractivity (Wildman–Crippen MR) is 174 cm³/mol. The molecule has 2 saturated heterocycles. The van der Waals surface area contributed by atoms with Gasteiger partial charge in [-0.1, -0.05) is 56.2 Å². The van der Waals surface area contributed by atoms with Crippen LogP contribution < -0.4 is 19.5 Å². The molecular formula is C35H42N2O10S. The molecule has 6 rings (SSSR count). The number of hydrogen-bond acceptors (Lipinski definition) is 10. The van der Waals surface area contributed by atoms with Gasteiger partial charge in [-0.25, -0.2) is 13.2 Å². The smallest absolute Gasteiger partial charge is 0.407 e. The van der Waals surface area contributed by atoms with Crippen molar-refractivity contribution in [1.82, 2.24) is 9.62 Å². The van der Waals surface area contributed by atoms with Gasteiger partial charge in [0.25, 0.3) is 0 Å². The number of rotatable bonds is 14. The van der Waals surface area contributed by atoms with Crippen molar-refractivity contribution in [3.05, 3.63) is 83.9 Å². The first kappa shape index (κ1) is 18.8. The highest BCUT2D eigenvalue weighted by atomic mass is 32.2. The van der Waals surface area contributed by atoms with Crippen molar-refractivity contribution in [2.75, 3.05) is 32.9 Å². The topological polar surface area (TPSA) is 142 Å². The molecule has 13 heteroatoms. The quantitative estimate of drug-likeness (QED) is 0.253. The monoisotopic (exact) mass is 699 g/mol. The molecule has 2 N–H and O–H groups in total. The van der Waals surface area contributed by atoms with Crippen LogP contribution in [0.5, 0.6) is 17.2 Å². The first-order chi connectivity index (χ1) is 29.6. The number of nitrogens with zero attached hydrogens (tertiary/aromatic N) is 1. The minimum Gasteiger partial charge on any atom is -0.489 e. The maximum atomic E-state index is 14.6. The number of hydrogen-bond donors (Lipinski definition) is 2. The van der Waals surface area contributed by atoms with Crippen LogP contribution in [0.1, 0.15) is 54.6 Å². The highest BCUT2D eigenvalue weighted by Crippen LogP contribution is 2.35. The lowest BCUT2D eigenvalue weighted by molar-refractivity contribution is -0.0907. The molecule has 0 spiro atoms. The molecule has 48 heavy (non-hydrogen) atoms. The van der Waals surface area contributed by atoms with Crippen LogP contribution in [-0.2, 0) is 37.3 Å². The van der Waals surface area contributed by atoms with Crippen molar-refractivity contribution in [2.45, 2.75) is 62.5 Å².